The molecule has 1 N–H and O–H groups in total. The van der Waals surface area contributed by atoms with E-state index in [1.54, 1.807) is 7.11 Å². The lowest BCUT2D eigenvalue weighted by Crippen LogP contribution is -2.26. The van der Waals surface area contributed by atoms with E-state index >= 15 is 0 Å². The van der Waals surface area contributed by atoms with Gasteiger partial charge < -0.3 is 10.1 Å². The van der Waals surface area contributed by atoms with Gasteiger partial charge in [-0.1, -0.05) is 15.9 Å². The van der Waals surface area contributed by atoms with E-state index in [-0.39, 0.29) is 23.5 Å². The van der Waals surface area contributed by atoms with Crippen LogP contribution in [-0.2, 0) is 9.84 Å². The molecule has 0 bridgehead atoms. The molecule has 112 valence electrons. The lowest BCUT2D eigenvalue weighted by atomic mass is 9.91. The van der Waals surface area contributed by atoms with Crippen molar-refractivity contribution in [3.05, 3.63) is 27.7 Å². The number of hydrogen-bond donors (Lipinski definition) is 1. The zero-order valence-electron chi connectivity index (χ0n) is 11.9. The smallest absolute Gasteiger partial charge is 0.150 e. The topological polar surface area (TPSA) is 55.4 Å². The molecule has 1 aliphatic heterocycles. The van der Waals surface area contributed by atoms with Crippen LogP contribution in [0.2, 0.25) is 0 Å². The number of hydrogen-bond acceptors (Lipinski definition) is 4. The normalized spacial score (nSPS) is 22.7. The van der Waals surface area contributed by atoms with E-state index in [1.165, 1.54) is 0 Å². The third-order valence-electron chi connectivity index (χ3n) is 3.90. The van der Waals surface area contributed by atoms with Crippen molar-refractivity contribution in [1.82, 2.24) is 5.32 Å². The van der Waals surface area contributed by atoms with Gasteiger partial charge in [0.25, 0.3) is 0 Å². The second kappa shape index (κ2) is 6.03. The summed E-state index contributed by atoms with van der Waals surface area (Å²) in [6.45, 7) is 2.00. The second-order valence-corrected chi connectivity index (χ2v) is 8.36. The summed E-state index contributed by atoms with van der Waals surface area (Å²) >= 11 is 3.54. The maximum Gasteiger partial charge on any atom is 0.150 e. The standard InChI is InChI=1S/C14H20BrNO3S/c1-9-6-13(19-3)11(7-12(9)15)14(16-2)10-4-5-20(17,18)8-10/h6-7,10,14,16H,4-5,8H2,1-3H3. The Labute approximate surface area is 129 Å². The van der Waals surface area contributed by atoms with Crippen molar-refractivity contribution in [1.29, 1.82) is 0 Å². The predicted octanol–water partition coefficient (Wildman–Crippen LogP) is 2.46. The Morgan fingerprint density at radius 1 is 1.45 bits per heavy atom. The fourth-order valence-corrected chi connectivity index (χ4v) is 5.02. The van der Waals surface area contributed by atoms with Crippen LogP contribution in [0.1, 0.15) is 23.6 Å². The van der Waals surface area contributed by atoms with E-state index in [9.17, 15) is 8.42 Å². The SMILES string of the molecule is CNC(c1cc(Br)c(C)cc1OC)C1CCS(=O)(=O)C1. The minimum atomic E-state index is -2.89. The van der Waals surface area contributed by atoms with Gasteiger partial charge in [0.1, 0.15) is 5.75 Å². The quantitative estimate of drug-likeness (QED) is 0.894. The molecule has 1 aromatic rings. The number of benzene rings is 1. The minimum Gasteiger partial charge on any atom is -0.496 e. The molecule has 6 heteroatoms. The second-order valence-electron chi connectivity index (χ2n) is 5.27. The van der Waals surface area contributed by atoms with Crippen LogP contribution in [0, 0.1) is 12.8 Å². The summed E-state index contributed by atoms with van der Waals surface area (Å²) in [5.41, 5.74) is 2.11. The molecule has 2 rings (SSSR count). The monoisotopic (exact) mass is 361 g/mol. The van der Waals surface area contributed by atoms with Gasteiger partial charge in [-0.2, -0.15) is 0 Å². The van der Waals surface area contributed by atoms with Gasteiger partial charge in [0.05, 0.1) is 18.6 Å². The van der Waals surface area contributed by atoms with Gasteiger partial charge in [0.15, 0.2) is 9.84 Å². The molecule has 1 heterocycles. The average Bonchev–Trinajstić information content (AvgIpc) is 2.74. The van der Waals surface area contributed by atoms with Gasteiger partial charge in [-0.15, -0.1) is 0 Å². The first kappa shape index (κ1) is 15.8. The first-order valence-electron chi connectivity index (χ1n) is 6.59. The maximum absolute atomic E-state index is 11.7. The third kappa shape index (κ3) is 3.18. The number of nitrogens with one attached hydrogen (secondary N) is 1. The Balaban J connectivity index is 2.39. The van der Waals surface area contributed by atoms with E-state index in [1.807, 2.05) is 26.1 Å². The molecule has 0 aromatic heterocycles. The lowest BCUT2D eigenvalue weighted by Gasteiger charge is -2.25. The van der Waals surface area contributed by atoms with Crippen molar-refractivity contribution < 1.29 is 13.2 Å². The Morgan fingerprint density at radius 2 is 2.15 bits per heavy atom. The molecular formula is C14H20BrNO3S. The van der Waals surface area contributed by atoms with Gasteiger partial charge in [0.2, 0.25) is 0 Å². The predicted molar refractivity (Wildman–Crippen MR) is 84.0 cm³/mol. The molecule has 0 amide bonds. The summed E-state index contributed by atoms with van der Waals surface area (Å²) in [5.74, 6) is 1.42. The molecule has 20 heavy (non-hydrogen) atoms. The number of rotatable bonds is 4. The summed E-state index contributed by atoms with van der Waals surface area (Å²) in [4.78, 5) is 0. The van der Waals surface area contributed by atoms with Crippen molar-refractivity contribution >= 4 is 25.8 Å². The first-order valence-corrected chi connectivity index (χ1v) is 9.21. The van der Waals surface area contributed by atoms with E-state index in [2.05, 4.69) is 21.2 Å². The summed E-state index contributed by atoms with van der Waals surface area (Å²) in [6, 6.07) is 3.99. The van der Waals surface area contributed by atoms with E-state index in [0.29, 0.717) is 6.42 Å². The number of ether oxygens (including phenoxy) is 1. The number of halogens is 1. The Kier molecular flexibility index (Phi) is 4.76. The molecular weight excluding hydrogens is 342 g/mol. The van der Waals surface area contributed by atoms with Crippen molar-refractivity contribution in [3.8, 4) is 5.75 Å². The molecule has 1 fully saturated rings. The molecule has 1 saturated heterocycles. The van der Waals surface area contributed by atoms with E-state index in [0.717, 1.165) is 21.3 Å². The van der Waals surface area contributed by atoms with Gasteiger partial charge in [-0.3, -0.25) is 0 Å². The highest BCUT2D eigenvalue weighted by Crippen LogP contribution is 2.38. The van der Waals surface area contributed by atoms with Crippen LogP contribution >= 0.6 is 15.9 Å². The largest absolute Gasteiger partial charge is 0.496 e. The molecule has 0 aliphatic carbocycles. The number of methoxy groups -OCH3 is 1. The molecule has 0 radical (unpaired) electrons. The molecule has 2 unspecified atom stereocenters. The van der Waals surface area contributed by atoms with Crippen LogP contribution in [-0.4, -0.2) is 34.1 Å². The van der Waals surface area contributed by atoms with Crippen LogP contribution in [0.5, 0.6) is 5.75 Å². The van der Waals surface area contributed by atoms with Crippen LogP contribution in [0.25, 0.3) is 0 Å². The Hall–Kier alpha value is -0.590. The van der Waals surface area contributed by atoms with Crippen LogP contribution < -0.4 is 10.1 Å². The first-order chi connectivity index (χ1) is 9.38. The van der Waals surface area contributed by atoms with Gasteiger partial charge in [-0.25, -0.2) is 8.42 Å². The maximum atomic E-state index is 11.7. The lowest BCUT2D eigenvalue weighted by molar-refractivity contribution is 0.373. The average molecular weight is 362 g/mol. The molecule has 1 aliphatic rings. The fourth-order valence-electron chi connectivity index (χ4n) is 2.82. The Bertz CT molecular complexity index is 601. The molecule has 1 aromatic carbocycles. The molecule has 0 spiro atoms. The van der Waals surface area contributed by atoms with Crippen LogP contribution in [0.15, 0.2) is 16.6 Å². The van der Waals surface area contributed by atoms with Crippen molar-refractivity contribution in [2.24, 2.45) is 5.92 Å². The van der Waals surface area contributed by atoms with Gasteiger partial charge in [-0.05, 0) is 44.0 Å². The summed E-state index contributed by atoms with van der Waals surface area (Å²) in [5, 5.41) is 3.25. The van der Waals surface area contributed by atoms with Crippen molar-refractivity contribution in [2.45, 2.75) is 19.4 Å². The zero-order valence-corrected chi connectivity index (χ0v) is 14.3. The van der Waals surface area contributed by atoms with Crippen LogP contribution in [0.3, 0.4) is 0 Å². The third-order valence-corrected chi connectivity index (χ3v) is 6.54. The van der Waals surface area contributed by atoms with E-state index < -0.39 is 9.84 Å². The highest BCUT2D eigenvalue weighted by molar-refractivity contribution is 9.10. The number of aryl methyl sites for hydroxylation is 1. The summed E-state index contributed by atoms with van der Waals surface area (Å²) in [7, 11) is 0.618. The summed E-state index contributed by atoms with van der Waals surface area (Å²) in [6.07, 6.45) is 0.697. The van der Waals surface area contributed by atoms with Gasteiger partial charge in [0, 0.05) is 16.1 Å². The molecule has 4 nitrogen and oxygen atoms in total. The minimum absolute atomic E-state index is 0.0147. The van der Waals surface area contributed by atoms with Crippen LogP contribution in [0.4, 0.5) is 0 Å². The summed E-state index contributed by atoms with van der Waals surface area (Å²) < 4.78 is 29.9. The Morgan fingerprint density at radius 3 is 2.65 bits per heavy atom. The fraction of sp³-hybridized carbons (Fsp3) is 0.571. The number of sulfone groups is 1. The highest BCUT2D eigenvalue weighted by atomic mass is 79.9. The van der Waals surface area contributed by atoms with Gasteiger partial charge >= 0.3 is 0 Å². The molecule has 2 atom stereocenters. The van der Waals surface area contributed by atoms with Crippen molar-refractivity contribution in [2.75, 3.05) is 25.7 Å². The van der Waals surface area contributed by atoms with E-state index in [4.69, 9.17) is 4.74 Å². The highest BCUT2D eigenvalue weighted by Gasteiger charge is 2.35. The van der Waals surface area contributed by atoms with Crippen molar-refractivity contribution in [3.63, 3.8) is 0 Å². The molecule has 0 saturated carbocycles. The zero-order chi connectivity index (χ0) is 14.9.